The Labute approximate surface area is 339 Å². The van der Waals surface area contributed by atoms with Gasteiger partial charge in [0.25, 0.3) is 0 Å². The van der Waals surface area contributed by atoms with E-state index < -0.39 is 0 Å². The Bertz CT molecular complexity index is 2520. The van der Waals surface area contributed by atoms with Gasteiger partial charge in [-0.15, -0.1) is 36.6 Å². The van der Waals surface area contributed by atoms with E-state index in [4.69, 9.17) is 9.72 Å². The number of nitrogens with zero attached hydrogens (tertiary/aromatic N) is 4. The standard InChI is InChI=1S/C48H46FN4O.Pt/c1-46(2,3)31-21-22-50-44(26-31)53-40-18-11-10-17-38(40)45-39(49)28-37(29-43(45)53)54-36-16-14-15-34(27-36)51-30-52(42-20-13-12-19-41(42)51)35-24-32(47(4,5)6)23-33(25-35)48(7,8)9;/h10-26,28,30H,1-9H3;/q-3;. The van der Waals surface area contributed by atoms with Crippen LogP contribution in [-0.2, 0) is 37.3 Å². The quantitative estimate of drug-likeness (QED) is 0.161. The molecule has 0 bridgehead atoms. The molecule has 0 atom stereocenters. The number of anilines is 4. The molecular formula is C48H46FN4OPt-3. The first-order valence-corrected chi connectivity index (χ1v) is 18.6. The van der Waals surface area contributed by atoms with Crippen molar-refractivity contribution in [2.24, 2.45) is 0 Å². The molecule has 3 heterocycles. The Hall–Kier alpha value is -4.93. The fourth-order valence-corrected chi connectivity index (χ4v) is 7.12. The summed E-state index contributed by atoms with van der Waals surface area (Å²) in [6.45, 7) is 22.2. The van der Waals surface area contributed by atoms with Crippen molar-refractivity contribution in [2.45, 2.75) is 78.6 Å². The van der Waals surface area contributed by atoms with Crippen molar-refractivity contribution < 1.29 is 30.2 Å². The average molecular weight is 909 g/mol. The molecule has 7 aromatic rings. The van der Waals surface area contributed by atoms with Crippen LogP contribution in [-0.4, -0.2) is 9.55 Å². The van der Waals surface area contributed by atoms with Gasteiger partial charge in [0, 0.05) is 67.2 Å². The van der Waals surface area contributed by atoms with Crippen molar-refractivity contribution in [2.75, 3.05) is 9.80 Å². The molecule has 1 aliphatic heterocycles. The fourth-order valence-electron chi connectivity index (χ4n) is 7.12. The average Bonchev–Trinajstić information content (AvgIpc) is 3.67. The van der Waals surface area contributed by atoms with Crippen molar-refractivity contribution in [1.29, 1.82) is 0 Å². The van der Waals surface area contributed by atoms with Crippen LogP contribution in [0.3, 0.4) is 0 Å². The third-order valence-electron chi connectivity index (χ3n) is 10.2. The van der Waals surface area contributed by atoms with Gasteiger partial charge in [0.2, 0.25) is 0 Å². The topological polar surface area (TPSA) is 33.5 Å². The molecule has 0 N–H and O–H groups in total. The van der Waals surface area contributed by atoms with Crippen LogP contribution in [0.25, 0.3) is 27.6 Å². The van der Waals surface area contributed by atoms with Gasteiger partial charge in [0.1, 0.15) is 5.82 Å². The van der Waals surface area contributed by atoms with Crippen LogP contribution >= 0.6 is 0 Å². The monoisotopic (exact) mass is 908 g/mol. The predicted octanol–water partition coefficient (Wildman–Crippen LogP) is 13.0. The second kappa shape index (κ2) is 14.0. The Kier molecular flexibility index (Phi) is 9.74. The number of halogens is 1. The smallest absolute Gasteiger partial charge is 0.135 e. The predicted molar refractivity (Wildman–Crippen MR) is 220 cm³/mol. The number of ether oxygens (including phenoxy) is 1. The molecule has 0 saturated heterocycles. The molecular weight excluding hydrogens is 863 g/mol. The van der Waals surface area contributed by atoms with Gasteiger partial charge in [-0.05, 0) is 80.8 Å². The van der Waals surface area contributed by atoms with Gasteiger partial charge in [-0.25, -0.2) is 9.37 Å². The largest absolute Gasteiger partial charge is 0.509 e. The second-order valence-electron chi connectivity index (χ2n) is 17.3. The van der Waals surface area contributed by atoms with E-state index in [9.17, 15) is 0 Å². The summed E-state index contributed by atoms with van der Waals surface area (Å²) in [7, 11) is 0. The van der Waals surface area contributed by atoms with E-state index in [1.165, 1.54) is 17.2 Å². The first-order valence-electron chi connectivity index (χ1n) is 18.6. The summed E-state index contributed by atoms with van der Waals surface area (Å²) < 4.78 is 24.6. The maximum Gasteiger partial charge on any atom is 0.135 e. The number of para-hydroxylation sites is 3. The number of benzene rings is 5. The molecule has 8 rings (SSSR count). The molecule has 0 aliphatic carbocycles. The summed E-state index contributed by atoms with van der Waals surface area (Å²) in [5.41, 5.74) is 8.98. The van der Waals surface area contributed by atoms with Gasteiger partial charge >= 0.3 is 0 Å². The van der Waals surface area contributed by atoms with Gasteiger partial charge in [-0.2, -0.15) is 6.07 Å². The molecule has 2 aromatic heterocycles. The summed E-state index contributed by atoms with van der Waals surface area (Å²) in [6, 6.07) is 41.3. The van der Waals surface area contributed by atoms with Gasteiger partial charge in [-0.1, -0.05) is 116 Å². The summed E-state index contributed by atoms with van der Waals surface area (Å²) in [6.07, 6.45) is 1.81. The molecule has 0 amide bonds. The third-order valence-corrected chi connectivity index (χ3v) is 10.2. The molecule has 284 valence electrons. The Morgan fingerprint density at radius 3 is 1.95 bits per heavy atom. The number of fused-ring (bicyclic) bond motifs is 4. The van der Waals surface area contributed by atoms with Gasteiger partial charge in [0.15, 0.2) is 0 Å². The maximum absolute atomic E-state index is 16.2. The molecule has 0 radical (unpaired) electrons. The van der Waals surface area contributed by atoms with Crippen molar-refractivity contribution in [3.05, 3.63) is 151 Å². The molecule has 5 nitrogen and oxygen atoms in total. The van der Waals surface area contributed by atoms with Crippen LogP contribution in [0.15, 0.2) is 109 Å². The Morgan fingerprint density at radius 2 is 1.27 bits per heavy atom. The number of aromatic nitrogens is 2. The summed E-state index contributed by atoms with van der Waals surface area (Å²) in [5, 5.41) is 1.27. The zero-order valence-corrected chi connectivity index (χ0v) is 35.1. The molecule has 0 fully saturated rings. The minimum Gasteiger partial charge on any atom is -0.509 e. The molecule has 5 aromatic carbocycles. The van der Waals surface area contributed by atoms with Crippen LogP contribution in [0.5, 0.6) is 11.5 Å². The van der Waals surface area contributed by atoms with Gasteiger partial charge < -0.3 is 19.1 Å². The maximum atomic E-state index is 16.2. The zero-order chi connectivity index (χ0) is 38.2. The minimum absolute atomic E-state index is 0. The minimum atomic E-state index is -0.388. The normalized spacial score (nSPS) is 13.3. The van der Waals surface area contributed by atoms with Crippen molar-refractivity contribution in [3.63, 3.8) is 0 Å². The molecule has 55 heavy (non-hydrogen) atoms. The van der Waals surface area contributed by atoms with E-state index in [0.717, 1.165) is 39.2 Å². The van der Waals surface area contributed by atoms with Crippen LogP contribution in [0.4, 0.5) is 27.1 Å². The number of pyridine rings is 1. The van der Waals surface area contributed by atoms with E-state index in [-0.39, 0.29) is 48.9 Å². The van der Waals surface area contributed by atoms with Crippen molar-refractivity contribution >= 4 is 44.6 Å². The third kappa shape index (κ3) is 7.18. The molecule has 1 aliphatic rings. The summed E-state index contributed by atoms with van der Waals surface area (Å²) >= 11 is 0. The molecule has 0 saturated carbocycles. The number of hydrogen-bond acceptors (Lipinski definition) is 4. The first-order chi connectivity index (χ1) is 25.6. The summed E-state index contributed by atoms with van der Waals surface area (Å²) in [5.74, 6) is 1.02. The van der Waals surface area contributed by atoms with Crippen LogP contribution in [0.2, 0.25) is 0 Å². The fraction of sp³-hybridized carbons (Fsp3) is 0.250. The van der Waals surface area contributed by atoms with Crippen molar-refractivity contribution in [1.82, 2.24) is 9.55 Å². The van der Waals surface area contributed by atoms with Crippen molar-refractivity contribution in [3.8, 4) is 17.3 Å². The van der Waals surface area contributed by atoms with Crippen LogP contribution in [0.1, 0.15) is 79.0 Å². The second-order valence-corrected chi connectivity index (χ2v) is 17.3. The Balaban J connectivity index is 0.00000465. The van der Waals surface area contributed by atoms with E-state index in [1.807, 2.05) is 65.4 Å². The van der Waals surface area contributed by atoms with Gasteiger partial charge in [-0.3, -0.25) is 0 Å². The van der Waals surface area contributed by atoms with E-state index in [1.54, 1.807) is 0 Å². The number of hydrogen-bond donors (Lipinski definition) is 0. The van der Waals surface area contributed by atoms with E-state index >= 15 is 4.39 Å². The molecule has 7 heteroatoms. The summed E-state index contributed by atoms with van der Waals surface area (Å²) in [4.78, 5) is 9.11. The first kappa shape index (κ1) is 38.3. The molecule has 0 spiro atoms. The van der Waals surface area contributed by atoms with Crippen LogP contribution < -0.4 is 14.5 Å². The van der Waals surface area contributed by atoms with Gasteiger partial charge in [0.05, 0.1) is 0 Å². The number of rotatable bonds is 5. The molecule has 0 unspecified atom stereocenters. The zero-order valence-electron chi connectivity index (χ0n) is 32.9. The van der Waals surface area contributed by atoms with E-state index in [0.29, 0.717) is 22.5 Å². The van der Waals surface area contributed by atoms with Crippen LogP contribution in [0, 0.1) is 24.6 Å². The Morgan fingerprint density at radius 1 is 0.636 bits per heavy atom. The van der Waals surface area contributed by atoms with E-state index in [2.05, 4.69) is 133 Å². The SMILES string of the molecule is CC(C)(C)c1cc(N2[CH-]N(c3[c-]c(Oc4[c-]c5c(c(F)c4)c4ccccc4n5-c4cc(C(C)(C)C)ccn4)ccc3)c3ccccc32)cc(C(C)(C)C)c1.[Pt].